The van der Waals surface area contributed by atoms with Crippen molar-refractivity contribution in [2.45, 2.75) is 57.7 Å². The topological polar surface area (TPSA) is 28.2 Å². The maximum absolute atomic E-state index is 4.75. The number of aryl methyl sites for hydroxylation is 1. The first-order valence-electron chi connectivity index (χ1n) is 7.33. The number of pyridine rings is 1. The number of anilines is 1. The molecule has 0 radical (unpaired) electrons. The largest absolute Gasteiger partial charge is 0.354 e. The van der Waals surface area contributed by atoms with E-state index >= 15 is 0 Å². The minimum atomic E-state index is 0.650. The predicted molar refractivity (Wildman–Crippen MR) is 82.7 cm³/mol. The van der Waals surface area contributed by atoms with Crippen LogP contribution in [0.25, 0.3) is 0 Å². The smallest absolute Gasteiger partial charge is 0.129 e. The van der Waals surface area contributed by atoms with E-state index < -0.39 is 0 Å². The van der Waals surface area contributed by atoms with E-state index in [1.807, 2.05) is 0 Å². The van der Waals surface area contributed by atoms with E-state index in [1.54, 1.807) is 0 Å². The first-order chi connectivity index (χ1) is 9.17. The lowest BCUT2D eigenvalue weighted by molar-refractivity contribution is 0.348. The highest BCUT2D eigenvalue weighted by Crippen LogP contribution is 2.32. The van der Waals surface area contributed by atoms with Gasteiger partial charge in [0.2, 0.25) is 0 Å². The molecule has 0 amide bonds. The first-order valence-corrected chi connectivity index (χ1v) is 8.12. The number of hydrogen-bond acceptors (Lipinski definition) is 3. The highest BCUT2D eigenvalue weighted by Gasteiger charge is 2.36. The van der Waals surface area contributed by atoms with Crippen molar-refractivity contribution < 1.29 is 0 Å². The Morgan fingerprint density at radius 1 is 1.32 bits per heavy atom. The predicted octanol–water partition coefficient (Wildman–Crippen LogP) is 3.26. The fourth-order valence-electron chi connectivity index (χ4n) is 3.58. The minimum Gasteiger partial charge on any atom is -0.354 e. The molecule has 3 nitrogen and oxygen atoms in total. The molecule has 0 aromatic carbocycles. The van der Waals surface area contributed by atoms with Gasteiger partial charge in [0.25, 0.3) is 0 Å². The molecule has 0 spiro atoms. The van der Waals surface area contributed by atoms with Crippen LogP contribution in [0.1, 0.15) is 38.3 Å². The van der Waals surface area contributed by atoms with Gasteiger partial charge in [-0.05, 0) is 67.6 Å². The molecule has 2 unspecified atom stereocenters. The van der Waals surface area contributed by atoms with Crippen LogP contribution in [-0.4, -0.2) is 29.7 Å². The number of hydrogen-bond donors (Lipinski definition) is 1. The molecule has 19 heavy (non-hydrogen) atoms. The van der Waals surface area contributed by atoms with Crippen LogP contribution in [0.4, 0.5) is 5.82 Å². The van der Waals surface area contributed by atoms with Crippen LogP contribution in [-0.2, 0) is 0 Å². The summed E-state index contributed by atoms with van der Waals surface area (Å²) in [5.41, 5.74) is 1.08. The SMILES string of the molecule is CCN(c1ccc(Br)c(C)n1)C1CC2CCC(C1)N2. The van der Waals surface area contributed by atoms with Crippen molar-refractivity contribution >= 4 is 21.7 Å². The second-order valence-electron chi connectivity index (χ2n) is 5.79. The summed E-state index contributed by atoms with van der Waals surface area (Å²) in [6.45, 7) is 5.34. The van der Waals surface area contributed by atoms with Crippen LogP contribution in [0.15, 0.2) is 16.6 Å². The van der Waals surface area contributed by atoms with Crippen molar-refractivity contribution in [1.29, 1.82) is 0 Å². The molecular weight excluding hydrogens is 302 g/mol. The van der Waals surface area contributed by atoms with Gasteiger partial charge in [0.1, 0.15) is 5.82 Å². The lowest BCUT2D eigenvalue weighted by Crippen LogP contribution is -2.48. The molecule has 0 aliphatic carbocycles. The molecule has 4 heteroatoms. The van der Waals surface area contributed by atoms with Gasteiger partial charge >= 0.3 is 0 Å². The van der Waals surface area contributed by atoms with Crippen molar-refractivity contribution in [3.63, 3.8) is 0 Å². The summed E-state index contributed by atoms with van der Waals surface area (Å²) in [4.78, 5) is 7.24. The molecule has 3 heterocycles. The molecular formula is C15H22BrN3. The number of rotatable bonds is 3. The van der Waals surface area contributed by atoms with Crippen LogP contribution >= 0.6 is 15.9 Å². The second kappa shape index (κ2) is 5.41. The number of piperidine rings is 1. The second-order valence-corrected chi connectivity index (χ2v) is 6.64. The Morgan fingerprint density at radius 3 is 2.58 bits per heavy atom. The Hall–Kier alpha value is -0.610. The molecule has 2 aliphatic rings. The molecule has 1 aromatic heterocycles. The number of fused-ring (bicyclic) bond motifs is 2. The van der Waals surface area contributed by atoms with E-state index in [0.717, 1.165) is 34.6 Å². The summed E-state index contributed by atoms with van der Waals surface area (Å²) in [6, 6.07) is 6.38. The van der Waals surface area contributed by atoms with E-state index in [2.05, 4.69) is 52.1 Å². The molecule has 1 N–H and O–H groups in total. The lowest BCUT2D eigenvalue weighted by atomic mass is 9.98. The Balaban J connectivity index is 1.81. The van der Waals surface area contributed by atoms with Gasteiger partial charge in [-0.25, -0.2) is 4.98 Å². The van der Waals surface area contributed by atoms with Gasteiger partial charge in [0.05, 0.1) is 5.69 Å². The molecule has 2 fully saturated rings. The minimum absolute atomic E-state index is 0.650. The molecule has 2 aliphatic heterocycles. The molecule has 1 aromatic rings. The zero-order valence-corrected chi connectivity index (χ0v) is 13.3. The van der Waals surface area contributed by atoms with Gasteiger partial charge in [0.15, 0.2) is 0 Å². The third-order valence-electron chi connectivity index (χ3n) is 4.53. The van der Waals surface area contributed by atoms with Crippen LogP contribution in [0, 0.1) is 6.92 Å². The molecule has 2 atom stereocenters. The molecule has 0 saturated carbocycles. The number of nitrogens with zero attached hydrogens (tertiary/aromatic N) is 2. The standard InChI is InChI=1S/C15H22BrN3/c1-3-19(15-7-6-14(16)10(2)17-15)13-8-11-4-5-12(9-13)18-11/h6-7,11-13,18H,3-5,8-9H2,1-2H3. The van der Waals surface area contributed by atoms with Crippen molar-refractivity contribution in [2.75, 3.05) is 11.4 Å². The van der Waals surface area contributed by atoms with Crippen molar-refractivity contribution in [3.8, 4) is 0 Å². The van der Waals surface area contributed by atoms with E-state index in [0.29, 0.717) is 6.04 Å². The van der Waals surface area contributed by atoms with Crippen LogP contribution in [0.5, 0.6) is 0 Å². The summed E-state index contributed by atoms with van der Waals surface area (Å²) in [7, 11) is 0. The summed E-state index contributed by atoms with van der Waals surface area (Å²) >= 11 is 3.53. The van der Waals surface area contributed by atoms with E-state index in [4.69, 9.17) is 4.98 Å². The summed E-state index contributed by atoms with van der Waals surface area (Å²) in [5, 5.41) is 3.72. The number of nitrogens with one attached hydrogen (secondary N) is 1. The van der Waals surface area contributed by atoms with Crippen molar-refractivity contribution in [2.24, 2.45) is 0 Å². The summed E-state index contributed by atoms with van der Waals surface area (Å²) in [5.74, 6) is 1.13. The Bertz CT molecular complexity index is 451. The maximum Gasteiger partial charge on any atom is 0.129 e. The zero-order chi connectivity index (χ0) is 13.4. The van der Waals surface area contributed by atoms with Crippen LogP contribution in [0.3, 0.4) is 0 Å². The van der Waals surface area contributed by atoms with Crippen molar-refractivity contribution in [1.82, 2.24) is 10.3 Å². The third-order valence-corrected chi connectivity index (χ3v) is 5.37. The van der Waals surface area contributed by atoms with E-state index in [9.17, 15) is 0 Å². The Labute approximate surface area is 123 Å². The number of halogens is 1. The zero-order valence-electron chi connectivity index (χ0n) is 11.7. The number of aromatic nitrogens is 1. The molecule has 2 bridgehead atoms. The first kappa shape index (κ1) is 13.4. The Kier molecular flexibility index (Phi) is 3.81. The molecule has 3 rings (SSSR count). The van der Waals surface area contributed by atoms with Gasteiger partial charge < -0.3 is 10.2 Å². The van der Waals surface area contributed by atoms with Gasteiger partial charge in [-0.2, -0.15) is 0 Å². The van der Waals surface area contributed by atoms with Crippen molar-refractivity contribution in [3.05, 3.63) is 22.3 Å². The average molecular weight is 324 g/mol. The van der Waals surface area contributed by atoms with Gasteiger partial charge in [-0.15, -0.1) is 0 Å². The normalized spacial score (nSPS) is 29.5. The highest BCUT2D eigenvalue weighted by molar-refractivity contribution is 9.10. The van der Waals surface area contributed by atoms with Gasteiger partial charge in [-0.1, -0.05) is 0 Å². The highest BCUT2D eigenvalue weighted by atomic mass is 79.9. The van der Waals surface area contributed by atoms with Crippen LogP contribution < -0.4 is 10.2 Å². The maximum atomic E-state index is 4.75. The molecule has 2 saturated heterocycles. The lowest BCUT2D eigenvalue weighted by Gasteiger charge is -2.38. The summed E-state index contributed by atoms with van der Waals surface area (Å²) < 4.78 is 1.10. The van der Waals surface area contributed by atoms with E-state index in [-0.39, 0.29) is 0 Å². The molecule has 104 valence electrons. The van der Waals surface area contributed by atoms with Gasteiger partial charge in [0, 0.05) is 29.1 Å². The third kappa shape index (κ3) is 2.65. The average Bonchev–Trinajstić information content (AvgIpc) is 2.74. The van der Waals surface area contributed by atoms with Gasteiger partial charge in [-0.3, -0.25) is 0 Å². The van der Waals surface area contributed by atoms with Crippen LogP contribution in [0.2, 0.25) is 0 Å². The summed E-state index contributed by atoms with van der Waals surface area (Å²) in [6.07, 6.45) is 5.24. The quantitative estimate of drug-likeness (QED) is 0.925. The Morgan fingerprint density at radius 2 is 2.00 bits per heavy atom. The fourth-order valence-corrected chi connectivity index (χ4v) is 3.80. The monoisotopic (exact) mass is 323 g/mol. The fraction of sp³-hybridized carbons (Fsp3) is 0.667. The van der Waals surface area contributed by atoms with E-state index in [1.165, 1.54) is 25.7 Å².